The minimum Gasteiger partial charge on any atom is -0.493 e. The van der Waals surface area contributed by atoms with Gasteiger partial charge in [0.2, 0.25) is 5.91 Å². The van der Waals surface area contributed by atoms with E-state index >= 15 is 0 Å². The van der Waals surface area contributed by atoms with Crippen molar-refractivity contribution in [2.45, 2.75) is 6.42 Å². The van der Waals surface area contributed by atoms with Crippen molar-refractivity contribution in [3.8, 4) is 17.2 Å². The molecule has 0 fully saturated rings. The van der Waals surface area contributed by atoms with Gasteiger partial charge in [-0.2, -0.15) is 0 Å². The van der Waals surface area contributed by atoms with Gasteiger partial charge in [-0.15, -0.1) is 0 Å². The molecule has 0 unspecified atom stereocenters. The second-order valence-electron chi connectivity index (χ2n) is 7.38. The summed E-state index contributed by atoms with van der Waals surface area (Å²) in [4.78, 5) is 12.3. The predicted octanol–water partition coefficient (Wildman–Crippen LogP) is 5.06. The standard InChI is InChI=1S/C27H28FNO6/c1-31-18-34-25-13-5-21(17-26(25)35-19-32-2)6-14-27(30)29-23-9-11-24(12-10-23)33-16-15-20-3-7-22(28)8-4-20/h3-14,17H,15-16,18-19H2,1-2H3,(H,29,30)/b14-6+. The molecule has 3 aromatic carbocycles. The van der Waals surface area contributed by atoms with E-state index in [4.69, 9.17) is 23.7 Å². The van der Waals surface area contributed by atoms with Gasteiger partial charge in [-0.05, 0) is 65.7 Å². The maximum Gasteiger partial charge on any atom is 0.248 e. The number of hydrogen-bond acceptors (Lipinski definition) is 6. The van der Waals surface area contributed by atoms with Gasteiger partial charge in [0, 0.05) is 32.4 Å². The maximum absolute atomic E-state index is 13.0. The molecule has 35 heavy (non-hydrogen) atoms. The number of rotatable bonds is 13. The summed E-state index contributed by atoms with van der Waals surface area (Å²) in [6.45, 7) is 0.605. The SMILES string of the molecule is COCOc1ccc(/C=C/C(=O)Nc2ccc(OCCc3ccc(F)cc3)cc2)cc1OCOC. The molecule has 0 radical (unpaired) electrons. The Kier molecular flexibility index (Phi) is 10.1. The zero-order valence-corrected chi connectivity index (χ0v) is 19.7. The largest absolute Gasteiger partial charge is 0.493 e. The summed E-state index contributed by atoms with van der Waals surface area (Å²) >= 11 is 0. The Labute approximate surface area is 204 Å². The van der Waals surface area contributed by atoms with Crippen LogP contribution in [0.15, 0.2) is 72.8 Å². The smallest absolute Gasteiger partial charge is 0.248 e. The lowest BCUT2D eigenvalue weighted by atomic mass is 10.2. The van der Waals surface area contributed by atoms with Crippen LogP contribution < -0.4 is 19.5 Å². The molecule has 1 N–H and O–H groups in total. The molecule has 184 valence electrons. The molecular formula is C27H28FNO6. The Morgan fingerprint density at radius 1 is 0.857 bits per heavy atom. The van der Waals surface area contributed by atoms with Crippen LogP contribution in [0.4, 0.5) is 10.1 Å². The number of carbonyl (C=O) groups excluding carboxylic acids is 1. The van der Waals surface area contributed by atoms with Crippen molar-refractivity contribution in [1.29, 1.82) is 0 Å². The molecule has 0 saturated heterocycles. The minimum absolute atomic E-state index is 0.0585. The Hall–Kier alpha value is -3.88. The molecule has 0 spiro atoms. The molecule has 0 heterocycles. The first-order valence-electron chi connectivity index (χ1n) is 10.9. The third kappa shape index (κ3) is 8.77. The van der Waals surface area contributed by atoms with Crippen LogP contribution in [0.3, 0.4) is 0 Å². The van der Waals surface area contributed by atoms with Gasteiger partial charge in [-0.3, -0.25) is 4.79 Å². The Bertz CT molecular complexity index is 1100. The van der Waals surface area contributed by atoms with Crippen LogP contribution in [-0.2, 0) is 20.7 Å². The van der Waals surface area contributed by atoms with Gasteiger partial charge in [0.15, 0.2) is 25.1 Å². The number of amides is 1. The van der Waals surface area contributed by atoms with Crippen LogP contribution in [-0.4, -0.2) is 40.3 Å². The van der Waals surface area contributed by atoms with Crippen LogP contribution in [0.2, 0.25) is 0 Å². The molecule has 8 heteroatoms. The molecule has 0 atom stereocenters. The van der Waals surface area contributed by atoms with E-state index in [0.717, 1.165) is 11.1 Å². The monoisotopic (exact) mass is 481 g/mol. The number of carbonyl (C=O) groups is 1. The van der Waals surface area contributed by atoms with Crippen molar-refractivity contribution >= 4 is 17.7 Å². The quantitative estimate of drug-likeness (QED) is 0.272. The first kappa shape index (κ1) is 25.7. The highest BCUT2D eigenvalue weighted by atomic mass is 19.1. The van der Waals surface area contributed by atoms with Crippen LogP contribution >= 0.6 is 0 Å². The molecule has 0 saturated carbocycles. The Morgan fingerprint density at radius 3 is 2.23 bits per heavy atom. The average Bonchev–Trinajstić information content (AvgIpc) is 2.87. The molecule has 0 aliphatic rings. The van der Waals surface area contributed by atoms with Crippen LogP contribution in [0.25, 0.3) is 6.08 Å². The van der Waals surface area contributed by atoms with Crippen LogP contribution in [0.1, 0.15) is 11.1 Å². The van der Waals surface area contributed by atoms with E-state index in [-0.39, 0.29) is 25.3 Å². The predicted molar refractivity (Wildman–Crippen MR) is 131 cm³/mol. The van der Waals surface area contributed by atoms with Crippen molar-refractivity contribution in [3.63, 3.8) is 0 Å². The van der Waals surface area contributed by atoms with E-state index in [2.05, 4.69) is 5.32 Å². The van der Waals surface area contributed by atoms with Gasteiger partial charge in [-0.1, -0.05) is 18.2 Å². The van der Waals surface area contributed by atoms with Gasteiger partial charge in [0.05, 0.1) is 6.61 Å². The highest BCUT2D eigenvalue weighted by Gasteiger charge is 2.07. The fraction of sp³-hybridized carbons (Fsp3) is 0.222. The number of halogens is 1. The topological polar surface area (TPSA) is 75.3 Å². The number of hydrogen-bond donors (Lipinski definition) is 1. The maximum atomic E-state index is 13.0. The second-order valence-corrected chi connectivity index (χ2v) is 7.38. The third-order valence-electron chi connectivity index (χ3n) is 4.75. The molecule has 7 nitrogen and oxygen atoms in total. The van der Waals surface area contributed by atoms with Crippen molar-refractivity contribution in [2.75, 3.05) is 39.7 Å². The number of ether oxygens (including phenoxy) is 5. The highest BCUT2D eigenvalue weighted by Crippen LogP contribution is 2.29. The summed E-state index contributed by atoms with van der Waals surface area (Å²) in [5.74, 6) is 1.12. The van der Waals surface area contributed by atoms with Gasteiger partial charge < -0.3 is 29.0 Å². The molecule has 3 aromatic rings. The van der Waals surface area contributed by atoms with Crippen LogP contribution in [0, 0.1) is 5.82 Å². The molecular weight excluding hydrogens is 453 g/mol. The molecule has 0 aromatic heterocycles. The summed E-state index contributed by atoms with van der Waals surface area (Å²) in [6.07, 6.45) is 3.77. The summed E-state index contributed by atoms with van der Waals surface area (Å²) < 4.78 is 39.6. The molecule has 0 aliphatic heterocycles. The van der Waals surface area contributed by atoms with Crippen molar-refractivity contribution in [2.24, 2.45) is 0 Å². The lowest BCUT2D eigenvalue weighted by Gasteiger charge is -2.12. The van der Waals surface area contributed by atoms with Gasteiger partial charge in [0.25, 0.3) is 0 Å². The third-order valence-corrected chi connectivity index (χ3v) is 4.75. The summed E-state index contributed by atoms with van der Waals surface area (Å²) in [5, 5.41) is 2.81. The molecule has 1 amide bonds. The minimum atomic E-state index is -0.283. The van der Waals surface area contributed by atoms with E-state index in [0.29, 0.717) is 36.0 Å². The molecule has 0 aliphatic carbocycles. The average molecular weight is 482 g/mol. The second kappa shape index (κ2) is 13.7. The van der Waals surface area contributed by atoms with E-state index in [1.54, 1.807) is 60.7 Å². The van der Waals surface area contributed by atoms with Crippen molar-refractivity contribution in [1.82, 2.24) is 0 Å². The number of benzene rings is 3. The summed E-state index contributed by atoms with van der Waals surface area (Å²) in [5.41, 5.74) is 2.38. The lowest BCUT2D eigenvalue weighted by Crippen LogP contribution is -2.08. The van der Waals surface area contributed by atoms with Gasteiger partial charge in [0.1, 0.15) is 11.6 Å². The lowest BCUT2D eigenvalue weighted by molar-refractivity contribution is -0.111. The first-order chi connectivity index (χ1) is 17.1. The van der Waals surface area contributed by atoms with Crippen LogP contribution in [0.5, 0.6) is 17.2 Å². The summed E-state index contributed by atoms with van der Waals surface area (Å²) in [7, 11) is 3.05. The fourth-order valence-electron chi connectivity index (χ4n) is 3.03. The van der Waals surface area contributed by atoms with Crippen molar-refractivity contribution < 1.29 is 32.9 Å². The van der Waals surface area contributed by atoms with E-state index in [1.165, 1.54) is 32.4 Å². The van der Waals surface area contributed by atoms with Crippen molar-refractivity contribution in [3.05, 3.63) is 89.8 Å². The van der Waals surface area contributed by atoms with E-state index in [1.807, 2.05) is 0 Å². The first-order valence-corrected chi connectivity index (χ1v) is 10.9. The number of nitrogens with one attached hydrogen (secondary N) is 1. The normalized spacial score (nSPS) is 10.8. The Morgan fingerprint density at radius 2 is 1.54 bits per heavy atom. The van der Waals surface area contributed by atoms with Gasteiger partial charge in [-0.25, -0.2) is 4.39 Å². The molecule has 0 bridgehead atoms. The van der Waals surface area contributed by atoms with Gasteiger partial charge >= 0.3 is 0 Å². The zero-order chi connectivity index (χ0) is 24.9. The Balaban J connectivity index is 1.51. The highest BCUT2D eigenvalue weighted by molar-refractivity contribution is 6.02. The number of methoxy groups -OCH3 is 2. The summed E-state index contributed by atoms with van der Waals surface area (Å²) in [6, 6.07) is 18.7. The zero-order valence-electron chi connectivity index (χ0n) is 19.7. The van der Waals surface area contributed by atoms with E-state index in [9.17, 15) is 9.18 Å². The van der Waals surface area contributed by atoms with E-state index < -0.39 is 0 Å². The number of anilines is 1. The molecule has 3 rings (SSSR count). The fourth-order valence-corrected chi connectivity index (χ4v) is 3.03.